The van der Waals surface area contributed by atoms with E-state index in [-0.39, 0.29) is 18.1 Å². The molecular formula is C13H18N2O4S. The summed E-state index contributed by atoms with van der Waals surface area (Å²) in [5.74, 6) is 2.57. The highest BCUT2D eigenvalue weighted by Crippen LogP contribution is 2.22. The van der Waals surface area contributed by atoms with E-state index in [1.54, 1.807) is 6.92 Å². The number of carboxylic acid groups (broad SMARTS) is 1. The second-order valence-corrected chi connectivity index (χ2v) is 5.93. The minimum atomic E-state index is -1.03. The molecule has 3 N–H and O–H groups in total. The molecule has 2 heterocycles. The number of aromatic carboxylic acids is 1. The molecule has 0 aliphatic carbocycles. The van der Waals surface area contributed by atoms with Crippen LogP contribution in [-0.2, 0) is 6.54 Å². The Kier molecular flexibility index (Phi) is 4.94. The second kappa shape index (κ2) is 6.69. The first-order valence-corrected chi connectivity index (χ1v) is 7.63. The second-order valence-electron chi connectivity index (χ2n) is 4.78. The Hall–Kier alpha value is -1.63. The first kappa shape index (κ1) is 14.8. The largest absolute Gasteiger partial charge is 0.478 e. The lowest BCUT2D eigenvalue weighted by Crippen LogP contribution is -2.37. The molecule has 0 aromatic carbocycles. The maximum atomic E-state index is 11.6. The van der Waals surface area contributed by atoms with Crippen molar-refractivity contribution < 1.29 is 19.1 Å². The van der Waals surface area contributed by atoms with Gasteiger partial charge >= 0.3 is 12.0 Å². The van der Waals surface area contributed by atoms with E-state index in [0.717, 1.165) is 17.9 Å². The van der Waals surface area contributed by atoms with Gasteiger partial charge in [-0.2, -0.15) is 11.8 Å². The zero-order valence-electron chi connectivity index (χ0n) is 11.3. The van der Waals surface area contributed by atoms with Gasteiger partial charge < -0.3 is 20.2 Å². The van der Waals surface area contributed by atoms with Crippen LogP contribution in [0.5, 0.6) is 0 Å². The SMILES string of the molecule is Cc1oc(CNC(=O)NCC2CCSC2)cc1C(=O)O. The number of hydrogen-bond acceptors (Lipinski definition) is 4. The molecule has 110 valence electrons. The molecule has 1 saturated heterocycles. The molecule has 0 saturated carbocycles. The molecule has 1 unspecified atom stereocenters. The van der Waals surface area contributed by atoms with Gasteiger partial charge in [0.1, 0.15) is 17.1 Å². The first-order chi connectivity index (χ1) is 9.56. The van der Waals surface area contributed by atoms with Gasteiger partial charge in [-0.3, -0.25) is 0 Å². The Morgan fingerprint density at radius 1 is 1.50 bits per heavy atom. The van der Waals surface area contributed by atoms with Crippen LogP contribution in [-0.4, -0.2) is 35.2 Å². The van der Waals surface area contributed by atoms with E-state index in [0.29, 0.717) is 24.0 Å². The van der Waals surface area contributed by atoms with Gasteiger partial charge in [0.15, 0.2) is 0 Å². The van der Waals surface area contributed by atoms with Crippen molar-refractivity contribution in [2.75, 3.05) is 18.1 Å². The van der Waals surface area contributed by atoms with E-state index in [9.17, 15) is 9.59 Å². The fourth-order valence-electron chi connectivity index (χ4n) is 2.05. The number of carboxylic acids is 1. The lowest BCUT2D eigenvalue weighted by Gasteiger charge is -2.10. The van der Waals surface area contributed by atoms with Gasteiger partial charge in [-0.25, -0.2) is 9.59 Å². The quantitative estimate of drug-likeness (QED) is 0.771. The maximum Gasteiger partial charge on any atom is 0.339 e. The van der Waals surface area contributed by atoms with Crippen LogP contribution >= 0.6 is 11.8 Å². The van der Waals surface area contributed by atoms with E-state index >= 15 is 0 Å². The molecule has 0 radical (unpaired) electrons. The van der Waals surface area contributed by atoms with Crippen LogP contribution in [0.1, 0.15) is 28.3 Å². The van der Waals surface area contributed by atoms with Crippen LogP contribution in [0.15, 0.2) is 10.5 Å². The standard InChI is InChI=1S/C13H18N2O4S/c1-8-11(12(16)17)4-10(19-8)6-15-13(18)14-5-9-2-3-20-7-9/h4,9H,2-3,5-7H2,1H3,(H,16,17)(H2,14,15,18). The van der Waals surface area contributed by atoms with Gasteiger partial charge in [0.25, 0.3) is 0 Å². The molecule has 0 bridgehead atoms. The topological polar surface area (TPSA) is 91.6 Å². The number of carbonyl (C=O) groups excluding carboxylic acids is 1. The molecule has 7 heteroatoms. The summed E-state index contributed by atoms with van der Waals surface area (Å²) in [4.78, 5) is 22.5. The molecule has 0 spiro atoms. The molecule has 1 aromatic heterocycles. The fraction of sp³-hybridized carbons (Fsp3) is 0.538. The van der Waals surface area contributed by atoms with Crippen LogP contribution in [0.25, 0.3) is 0 Å². The lowest BCUT2D eigenvalue weighted by atomic mass is 10.1. The number of carbonyl (C=O) groups is 2. The normalized spacial score (nSPS) is 17.9. The summed E-state index contributed by atoms with van der Waals surface area (Å²) in [5.41, 5.74) is 0.130. The number of hydrogen-bond donors (Lipinski definition) is 3. The Bertz CT molecular complexity index is 495. The Morgan fingerprint density at radius 2 is 2.30 bits per heavy atom. The zero-order chi connectivity index (χ0) is 14.5. The van der Waals surface area contributed by atoms with Crippen molar-refractivity contribution in [2.45, 2.75) is 19.9 Å². The molecule has 6 nitrogen and oxygen atoms in total. The Balaban J connectivity index is 1.75. The van der Waals surface area contributed by atoms with E-state index < -0.39 is 5.97 Å². The highest BCUT2D eigenvalue weighted by molar-refractivity contribution is 7.99. The van der Waals surface area contributed by atoms with Crippen LogP contribution in [0, 0.1) is 12.8 Å². The van der Waals surface area contributed by atoms with E-state index in [1.807, 2.05) is 11.8 Å². The highest BCUT2D eigenvalue weighted by atomic mass is 32.2. The van der Waals surface area contributed by atoms with Gasteiger partial charge in [0.05, 0.1) is 6.54 Å². The molecule has 20 heavy (non-hydrogen) atoms. The average Bonchev–Trinajstić information content (AvgIpc) is 3.03. The summed E-state index contributed by atoms with van der Waals surface area (Å²) in [7, 11) is 0. The summed E-state index contributed by atoms with van der Waals surface area (Å²) < 4.78 is 5.28. The number of furan rings is 1. The van der Waals surface area contributed by atoms with Crippen LogP contribution in [0.3, 0.4) is 0 Å². The summed E-state index contributed by atoms with van der Waals surface area (Å²) >= 11 is 1.91. The van der Waals surface area contributed by atoms with E-state index in [2.05, 4.69) is 10.6 Å². The molecule has 1 fully saturated rings. The minimum absolute atomic E-state index is 0.130. The first-order valence-electron chi connectivity index (χ1n) is 6.48. The van der Waals surface area contributed by atoms with Gasteiger partial charge in [-0.15, -0.1) is 0 Å². The maximum absolute atomic E-state index is 11.6. The number of amides is 2. The summed E-state index contributed by atoms with van der Waals surface area (Å²) in [5, 5.41) is 14.4. The molecule has 2 rings (SSSR count). The summed E-state index contributed by atoms with van der Waals surface area (Å²) in [6, 6.07) is 1.18. The van der Waals surface area contributed by atoms with Gasteiger partial charge in [0.2, 0.25) is 0 Å². The van der Waals surface area contributed by atoms with Gasteiger partial charge in [0, 0.05) is 6.54 Å². The minimum Gasteiger partial charge on any atom is -0.478 e. The Morgan fingerprint density at radius 3 is 2.90 bits per heavy atom. The molecule has 2 amide bonds. The number of thioether (sulfide) groups is 1. The molecule has 1 atom stereocenters. The predicted molar refractivity (Wildman–Crippen MR) is 76.1 cm³/mol. The third-order valence-corrected chi connectivity index (χ3v) is 4.43. The smallest absolute Gasteiger partial charge is 0.339 e. The average molecular weight is 298 g/mol. The fourth-order valence-corrected chi connectivity index (χ4v) is 3.34. The summed E-state index contributed by atoms with van der Waals surface area (Å²) in [6.45, 7) is 2.44. The van der Waals surface area contributed by atoms with Crippen molar-refractivity contribution in [2.24, 2.45) is 5.92 Å². The van der Waals surface area contributed by atoms with E-state index in [4.69, 9.17) is 9.52 Å². The van der Waals surface area contributed by atoms with Crippen LogP contribution < -0.4 is 10.6 Å². The lowest BCUT2D eigenvalue weighted by molar-refractivity contribution is 0.0695. The molecule has 1 aliphatic rings. The zero-order valence-corrected chi connectivity index (χ0v) is 12.1. The number of rotatable bonds is 5. The molecule has 1 aliphatic heterocycles. The van der Waals surface area contributed by atoms with Crippen molar-refractivity contribution in [3.63, 3.8) is 0 Å². The predicted octanol–water partition coefficient (Wildman–Crippen LogP) is 1.84. The van der Waals surface area contributed by atoms with Gasteiger partial charge in [-0.05, 0) is 36.8 Å². The van der Waals surface area contributed by atoms with Crippen LogP contribution in [0.2, 0.25) is 0 Å². The van der Waals surface area contributed by atoms with Gasteiger partial charge in [-0.1, -0.05) is 0 Å². The summed E-state index contributed by atoms with van der Waals surface area (Å²) in [6.07, 6.45) is 1.14. The van der Waals surface area contributed by atoms with Crippen molar-refractivity contribution >= 4 is 23.8 Å². The van der Waals surface area contributed by atoms with Crippen molar-refractivity contribution in [1.82, 2.24) is 10.6 Å². The van der Waals surface area contributed by atoms with Crippen molar-refractivity contribution in [3.05, 3.63) is 23.2 Å². The molecule has 1 aromatic rings. The third kappa shape index (κ3) is 3.93. The monoisotopic (exact) mass is 298 g/mol. The number of nitrogens with one attached hydrogen (secondary N) is 2. The van der Waals surface area contributed by atoms with Crippen LogP contribution in [0.4, 0.5) is 4.79 Å². The number of aryl methyl sites for hydroxylation is 1. The van der Waals surface area contributed by atoms with Crippen molar-refractivity contribution in [3.8, 4) is 0 Å². The molecular weight excluding hydrogens is 280 g/mol. The third-order valence-electron chi connectivity index (χ3n) is 3.20. The van der Waals surface area contributed by atoms with Crippen molar-refractivity contribution in [1.29, 1.82) is 0 Å². The number of urea groups is 1. The highest BCUT2D eigenvalue weighted by Gasteiger charge is 2.17. The Labute approximate surface area is 121 Å². The van der Waals surface area contributed by atoms with E-state index in [1.165, 1.54) is 6.07 Å².